The molecular weight excluding hydrogens is 751 g/mol. The lowest BCUT2D eigenvalue weighted by atomic mass is 10.0. The first kappa shape index (κ1) is 39.8. The predicted molar refractivity (Wildman–Crippen MR) is 210 cm³/mol. The normalized spacial score (nSPS) is 25.2. The molecule has 57 heavy (non-hydrogen) atoms. The number of allylic oxidation sites excluding steroid dienone is 1. The van der Waals surface area contributed by atoms with Gasteiger partial charge in [-0.1, -0.05) is 85.7 Å². The summed E-state index contributed by atoms with van der Waals surface area (Å²) in [5, 5.41) is 7.51. The second kappa shape index (κ2) is 17.4. The fourth-order valence-electron chi connectivity index (χ4n) is 8.08. The number of rotatable bonds is 7. The van der Waals surface area contributed by atoms with Crippen molar-refractivity contribution in [2.75, 3.05) is 19.6 Å². The second-order valence-corrected chi connectivity index (χ2v) is 17.0. The maximum atomic E-state index is 14.5. The van der Waals surface area contributed by atoms with Gasteiger partial charge in [0.25, 0.3) is 15.9 Å². The molecule has 2 aliphatic carbocycles. The van der Waals surface area contributed by atoms with E-state index in [4.69, 9.17) is 9.47 Å². The molecule has 0 aromatic heterocycles. The highest BCUT2D eigenvalue weighted by Gasteiger charge is 2.61. The first-order valence-electron chi connectivity index (χ1n) is 19.8. The van der Waals surface area contributed by atoms with E-state index >= 15 is 0 Å². The van der Waals surface area contributed by atoms with E-state index in [1.807, 2.05) is 54.6 Å². The number of nitrogens with zero attached hydrogens (tertiary/aromatic N) is 2. The zero-order chi connectivity index (χ0) is 40.0. The van der Waals surface area contributed by atoms with Crippen molar-refractivity contribution in [3.63, 3.8) is 0 Å². The topological polar surface area (TPSA) is 181 Å². The van der Waals surface area contributed by atoms with Crippen molar-refractivity contribution in [3.05, 3.63) is 90.5 Å². The van der Waals surface area contributed by atoms with Crippen LogP contribution in [0.4, 0.5) is 9.59 Å². The minimum Gasteiger partial charge on any atom is -0.446 e. The van der Waals surface area contributed by atoms with Gasteiger partial charge in [0.05, 0.1) is 11.4 Å². The van der Waals surface area contributed by atoms with E-state index in [0.29, 0.717) is 19.3 Å². The molecule has 15 heteroatoms. The van der Waals surface area contributed by atoms with Crippen molar-refractivity contribution in [3.8, 4) is 0 Å². The number of piperazine rings is 1. The number of alkyl carbamates (subject to hydrolysis) is 1. The lowest BCUT2D eigenvalue weighted by molar-refractivity contribution is -0.146. The van der Waals surface area contributed by atoms with Crippen LogP contribution in [0, 0.1) is 5.92 Å². The zero-order valence-electron chi connectivity index (χ0n) is 31.8. The summed E-state index contributed by atoms with van der Waals surface area (Å²) in [5.74, 6) is -2.70. The van der Waals surface area contributed by atoms with Gasteiger partial charge in [0.15, 0.2) is 0 Å². The number of carbonyl (C=O) groups is 5. The average molecular weight is 800 g/mol. The monoisotopic (exact) mass is 799 g/mol. The lowest BCUT2D eigenvalue weighted by Crippen LogP contribution is -2.66. The molecular formula is C42H49N5O9S. The largest absolute Gasteiger partial charge is 0.446 e. The molecule has 4 aliphatic rings. The standard InChI is InChI=1S/C42H49N5O9S/c48-37-36-27-46(41(52)55-28-30-16-13-15-29-14-9-12-22-34(29)30)24-25-47(36)38(49)35(43-40(51)56-32-18-10-11-19-32)23-8-3-1-2-5-17-31-26-42(31,44-37)39(50)45-57(53,54)33-20-6-4-7-21-33/h4-7,9,12-17,20-22,31-32,35-36H,1-3,8,10-11,18-19,23-28H2,(H,43,51)(H,44,48)(H,45,50)/b17-5+/t31?,35-,36-,42-/m0/s1. The molecule has 2 aliphatic heterocycles. The second-order valence-electron chi connectivity index (χ2n) is 15.3. The SMILES string of the molecule is O=C(N[C@H]1CCCCC/C=C/C2C[C@]2(C(=O)NS(=O)(=O)c2ccccc2)NC(=O)[C@@H]2CN(C(=O)OCc3cccc4ccccc34)CCN2C1=O)OC1CCCC1. The number of hydrogen-bond donors (Lipinski definition) is 3. The molecule has 2 saturated carbocycles. The molecule has 3 aromatic carbocycles. The minimum absolute atomic E-state index is 0.0293. The van der Waals surface area contributed by atoms with E-state index in [2.05, 4.69) is 15.4 Å². The van der Waals surface area contributed by atoms with Crippen molar-refractivity contribution < 1.29 is 41.9 Å². The van der Waals surface area contributed by atoms with Crippen molar-refractivity contribution >= 4 is 50.7 Å². The van der Waals surface area contributed by atoms with Crippen molar-refractivity contribution in [1.29, 1.82) is 0 Å². The Hall–Kier alpha value is -5.44. The molecule has 2 heterocycles. The predicted octanol–water partition coefficient (Wildman–Crippen LogP) is 4.93. The molecule has 1 unspecified atom stereocenters. The Labute approximate surface area is 332 Å². The lowest BCUT2D eigenvalue weighted by Gasteiger charge is -2.41. The van der Waals surface area contributed by atoms with Crippen LogP contribution in [0.5, 0.6) is 0 Å². The molecule has 0 spiro atoms. The van der Waals surface area contributed by atoms with Crippen LogP contribution in [-0.2, 0) is 40.5 Å². The van der Waals surface area contributed by atoms with Gasteiger partial charge in [-0.2, -0.15) is 0 Å². The highest BCUT2D eigenvalue weighted by molar-refractivity contribution is 7.90. The van der Waals surface area contributed by atoms with Crippen LogP contribution in [0.2, 0.25) is 0 Å². The van der Waals surface area contributed by atoms with Gasteiger partial charge in [-0.3, -0.25) is 14.4 Å². The third-order valence-electron chi connectivity index (χ3n) is 11.4. The van der Waals surface area contributed by atoms with E-state index < -0.39 is 63.5 Å². The van der Waals surface area contributed by atoms with E-state index in [1.54, 1.807) is 6.07 Å². The summed E-state index contributed by atoms with van der Waals surface area (Å²) in [6.07, 6.45) is 8.75. The summed E-state index contributed by atoms with van der Waals surface area (Å²) in [6, 6.07) is 18.6. The molecule has 14 nitrogen and oxygen atoms in total. The number of fused-ring (bicyclic) bond motifs is 3. The van der Waals surface area contributed by atoms with Gasteiger partial charge in [0.2, 0.25) is 11.8 Å². The van der Waals surface area contributed by atoms with Crippen LogP contribution < -0.4 is 15.4 Å². The van der Waals surface area contributed by atoms with Gasteiger partial charge in [-0.05, 0) is 79.8 Å². The number of benzene rings is 3. The third kappa shape index (κ3) is 9.25. The van der Waals surface area contributed by atoms with Crippen LogP contribution in [0.3, 0.4) is 0 Å². The molecule has 3 aromatic rings. The molecule has 3 fully saturated rings. The fraction of sp³-hybridized carbons (Fsp3) is 0.452. The number of amides is 5. The number of nitrogens with one attached hydrogen (secondary N) is 3. The minimum atomic E-state index is -4.29. The Morgan fingerprint density at radius 2 is 1.60 bits per heavy atom. The highest BCUT2D eigenvalue weighted by atomic mass is 32.2. The van der Waals surface area contributed by atoms with E-state index in [0.717, 1.165) is 54.9 Å². The molecule has 5 amide bonds. The fourth-order valence-corrected chi connectivity index (χ4v) is 9.14. The Morgan fingerprint density at radius 3 is 2.40 bits per heavy atom. The summed E-state index contributed by atoms with van der Waals surface area (Å²) < 4.78 is 40.1. The number of sulfonamides is 1. The van der Waals surface area contributed by atoms with Crippen molar-refractivity contribution in [2.24, 2.45) is 5.92 Å². The van der Waals surface area contributed by atoms with Crippen LogP contribution in [0.25, 0.3) is 10.8 Å². The smallest absolute Gasteiger partial charge is 0.410 e. The van der Waals surface area contributed by atoms with Gasteiger partial charge in [-0.15, -0.1) is 0 Å². The molecule has 3 N–H and O–H groups in total. The Balaban J connectivity index is 1.14. The van der Waals surface area contributed by atoms with E-state index in [9.17, 15) is 32.4 Å². The maximum Gasteiger partial charge on any atom is 0.410 e. The number of ether oxygens (including phenoxy) is 2. The van der Waals surface area contributed by atoms with Gasteiger partial charge < -0.3 is 29.9 Å². The molecule has 7 rings (SSSR count). The Kier molecular flexibility index (Phi) is 12.1. The summed E-state index contributed by atoms with van der Waals surface area (Å²) in [5.41, 5.74) is -0.837. The average Bonchev–Trinajstić information content (AvgIpc) is 3.66. The van der Waals surface area contributed by atoms with Gasteiger partial charge >= 0.3 is 12.2 Å². The molecule has 1 saturated heterocycles. The van der Waals surface area contributed by atoms with Crippen molar-refractivity contribution in [2.45, 2.75) is 99.4 Å². The molecule has 0 radical (unpaired) electrons. The molecule has 4 atom stereocenters. The summed E-state index contributed by atoms with van der Waals surface area (Å²) in [6.45, 7) is -0.333. The van der Waals surface area contributed by atoms with Crippen LogP contribution in [-0.4, -0.2) is 91.5 Å². The maximum absolute atomic E-state index is 14.5. The molecule has 302 valence electrons. The van der Waals surface area contributed by atoms with Gasteiger partial charge in [-0.25, -0.2) is 22.7 Å². The first-order chi connectivity index (χ1) is 27.5. The van der Waals surface area contributed by atoms with Crippen LogP contribution >= 0.6 is 0 Å². The van der Waals surface area contributed by atoms with Crippen LogP contribution in [0.15, 0.2) is 89.8 Å². The van der Waals surface area contributed by atoms with E-state index in [1.165, 1.54) is 34.1 Å². The summed E-state index contributed by atoms with van der Waals surface area (Å²) in [4.78, 5) is 72.2. The summed E-state index contributed by atoms with van der Waals surface area (Å²) >= 11 is 0. The number of carbonyl (C=O) groups excluding carboxylic acids is 5. The highest BCUT2D eigenvalue weighted by Crippen LogP contribution is 2.45. The Bertz CT molecular complexity index is 2120. The Morgan fingerprint density at radius 1 is 0.860 bits per heavy atom. The molecule has 0 bridgehead atoms. The number of hydrogen-bond acceptors (Lipinski definition) is 9. The van der Waals surface area contributed by atoms with E-state index in [-0.39, 0.29) is 43.7 Å². The first-order valence-corrected chi connectivity index (χ1v) is 21.3. The quantitative estimate of drug-likeness (QED) is 0.280. The van der Waals surface area contributed by atoms with Gasteiger partial charge in [0.1, 0.15) is 30.3 Å². The van der Waals surface area contributed by atoms with Crippen LogP contribution in [0.1, 0.15) is 69.8 Å². The summed E-state index contributed by atoms with van der Waals surface area (Å²) in [7, 11) is -4.29. The van der Waals surface area contributed by atoms with Crippen molar-refractivity contribution in [1.82, 2.24) is 25.2 Å². The van der Waals surface area contributed by atoms with Gasteiger partial charge in [0, 0.05) is 19.0 Å². The third-order valence-corrected chi connectivity index (χ3v) is 12.7. The zero-order valence-corrected chi connectivity index (χ0v) is 32.6.